The molecule has 2 aromatic carbocycles. The van der Waals surface area contributed by atoms with Crippen LogP contribution in [0.4, 0.5) is 8.78 Å². The quantitative estimate of drug-likeness (QED) is 0.804. The number of aryl methyl sites for hydroxylation is 1. The van der Waals surface area contributed by atoms with Crippen molar-refractivity contribution in [2.75, 3.05) is 0 Å². The molecule has 2 aromatic rings. The minimum absolute atomic E-state index is 0.336. The fourth-order valence-electron chi connectivity index (χ4n) is 1.84. The van der Waals surface area contributed by atoms with E-state index in [1.807, 2.05) is 22.6 Å². The topological polar surface area (TPSA) is 20.2 Å². The van der Waals surface area contributed by atoms with E-state index < -0.39 is 6.10 Å². The highest BCUT2D eigenvalue weighted by Gasteiger charge is 2.16. The van der Waals surface area contributed by atoms with Crippen molar-refractivity contribution in [1.29, 1.82) is 0 Å². The van der Waals surface area contributed by atoms with E-state index in [4.69, 9.17) is 0 Å². The second-order valence-corrected chi connectivity index (χ2v) is 5.23. The third-order valence-electron chi connectivity index (χ3n) is 2.78. The normalized spacial score (nSPS) is 12.5. The van der Waals surface area contributed by atoms with Crippen LogP contribution in [-0.2, 0) is 0 Å². The summed E-state index contributed by atoms with van der Waals surface area (Å²) in [6.07, 6.45) is -0.877. The predicted octanol–water partition coefficient (Wildman–Crippen LogP) is 3.96. The van der Waals surface area contributed by atoms with Gasteiger partial charge in [0.05, 0.1) is 0 Å². The molecule has 1 atom stereocenters. The third kappa shape index (κ3) is 2.70. The lowest BCUT2D eigenvalue weighted by molar-refractivity contribution is 0.218. The maximum atomic E-state index is 13.0. The monoisotopic (exact) mass is 360 g/mol. The molecule has 0 fully saturated rings. The Labute approximate surface area is 118 Å². The molecule has 0 spiro atoms. The van der Waals surface area contributed by atoms with Crippen LogP contribution in [0.5, 0.6) is 0 Å². The van der Waals surface area contributed by atoms with Crippen molar-refractivity contribution in [1.82, 2.24) is 0 Å². The van der Waals surface area contributed by atoms with Crippen molar-refractivity contribution >= 4 is 22.6 Å². The van der Waals surface area contributed by atoms with Gasteiger partial charge in [-0.15, -0.1) is 0 Å². The minimum atomic E-state index is -0.877. The van der Waals surface area contributed by atoms with E-state index in [0.29, 0.717) is 20.3 Å². The molecule has 0 bridgehead atoms. The Hall–Kier alpha value is -1.01. The number of benzene rings is 2. The number of rotatable bonds is 2. The van der Waals surface area contributed by atoms with E-state index in [1.165, 1.54) is 24.3 Å². The summed E-state index contributed by atoms with van der Waals surface area (Å²) in [6.45, 7) is 1.73. The molecule has 0 aliphatic carbocycles. The lowest BCUT2D eigenvalue weighted by atomic mass is 9.97. The minimum Gasteiger partial charge on any atom is -0.384 e. The van der Waals surface area contributed by atoms with Crippen molar-refractivity contribution in [3.63, 3.8) is 0 Å². The summed E-state index contributed by atoms with van der Waals surface area (Å²) in [7, 11) is 0. The first kappa shape index (κ1) is 13.4. The van der Waals surface area contributed by atoms with Gasteiger partial charge in [0.1, 0.15) is 17.7 Å². The van der Waals surface area contributed by atoms with Crippen LogP contribution in [0.15, 0.2) is 36.4 Å². The van der Waals surface area contributed by atoms with E-state index in [1.54, 1.807) is 19.1 Å². The fraction of sp³-hybridized carbons (Fsp3) is 0.143. The first-order valence-corrected chi connectivity index (χ1v) is 6.46. The highest BCUT2D eigenvalue weighted by atomic mass is 127. The lowest BCUT2D eigenvalue weighted by Gasteiger charge is -2.15. The molecule has 1 unspecified atom stereocenters. The first-order chi connectivity index (χ1) is 8.49. The van der Waals surface area contributed by atoms with Gasteiger partial charge >= 0.3 is 0 Å². The van der Waals surface area contributed by atoms with Gasteiger partial charge in [0, 0.05) is 3.57 Å². The van der Waals surface area contributed by atoms with Crippen LogP contribution in [0.25, 0.3) is 0 Å². The summed E-state index contributed by atoms with van der Waals surface area (Å²) < 4.78 is 26.7. The van der Waals surface area contributed by atoms with Gasteiger partial charge in [-0.3, -0.25) is 0 Å². The molecular weight excluding hydrogens is 349 g/mol. The Morgan fingerprint density at radius 1 is 1.00 bits per heavy atom. The van der Waals surface area contributed by atoms with Gasteiger partial charge in [-0.2, -0.15) is 0 Å². The zero-order valence-corrected chi connectivity index (χ0v) is 11.8. The molecule has 0 aliphatic rings. The van der Waals surface area contributed by atoms with Crippen LogP contribution < -0.4 is 0 Å². The van der Waals surface area contributed by atoms with E-state index in [9.17, 15) is 13.9 Å². The van der Waals surface area contributed by atoms with E-state index in [0.717, 1.165) is 0 Å². The standard InChI is InChI=1S/C14H11F2IO/c1-8-6-9(15)2-4-11(8)14(18)12-5-3-10(16)7-13(12)17/h2-7,14,18H,1H3. The highest BCUT2D eigenvalue weighted by molar-refractivity contribution is 14.1. The summed E-state index contributed by atoms with van der Waals surface area (Å²) in [6, 6.07) is 8.44. The molecular formula is C14H11F2IO. The van der Waals surface area contributed by atoms with Crippen LogP contribution >= 0.6 is 22.6 Å². The van der Waals surface area contributed by atoms with E-state index in [2.05, 4.69) is 0 Å². The largest absolute Gasteiger partial charge is 0.384 e. The van der Waals surface area contributed by atoms with Crippen LogP contribution in [0.2, 0.25) is 0 Å². The summed E-state index contributed by atoms with van der Waals surface area (Å²) >= 11 is 1.97. The molecule has 0 amide bonds. The Bertz CT molecular complexity index is 533. The smallest absolute Gasteiger partial charge is 0.124 e. The molecule has 1 nitrogen and oxygen atoms in total. The zero-order valence-electron chi connectivity index (χ0n) is 9.62. The van der Waals surface area contributed by atoms with Crippen molar-refractivity contribution < 1.29 is 13.9 Å². The Morgan fingerprint density at radius 2 is 1.56 bits per heavy atom. The first-order valence-electron chi connectivity index (χ1n) is 5.38. The molecule has 94 valence electrons. The molecule has 2 rings (SSSR count). The fourth-order valence-corrected chi connectivity index (χ4v) is 2.61. The number of halogens is 3. The van der Waals surface area contributed by atoms with Crippen molar-refractivity contribution in [2.45, 2.75) is 13.0 Å². The van der Waals surface area contributed by atoms with Crippen LogP contribution in [0.1, 0.15) is 22.8 Å². The van der Waals surface area contributed by atoms with Gasteiger partial charge in [-0.1, -0.05) is 12.1 Å². The summed E-state index contributed by atoms with van der Waals surface area (Å²) in [5.74, 6) is -0.677. The number of hydrogen-bond donors (Lipinski definition) is 1. The molecule has 0 radical (unpaired) electrons. The van der Waals surface area contributed by atoms with Gasteiger partial charge in [-0.25, -0.2) is 8.78 Å². The average Bonchev–Trinajstić information content (AvgIpc) is 2.28. The van der Waals surface area contributed by atoms with Crippen LogP contribution in [-0.4, -0.2) is 5.11 Å². The molecule has 0 saturated carbocycles. The van der Waals surface area contributed by atoms with Crippen molar-refractivity contribution in [2.24, 2.45) is 0 Å². The molecule has 18 heavy (non-hydrogen) atoms. The van der Waals surface area contributed by atoms with Crippen LogP contribution in [0.3, 0.4) is 0 Å². The van der Waals surface area contributed by atoms with Gasteiger partial charge in [-0.05, 0) is 70.5 Å². The Kier molecular flexibility index (Phi) is 3.97. The van der Waals surface area contributed by atoms with Crippen molar-refractivity contribution in [3.05, 3.63) is 68.3 Å². The van der Waals surface area contributed by atoms with E-state index in [-0.39, 0.29) is 11.6 Å². The zero-order chi connectivity index (χ0) is 13.3. The lowest BCUT2D eigenvalue weighted by Crippen LogP contribution is -2.04. The van der Waals surface area contributed by atoms with Crippen LogP contribution in [0, 0.1) is 22.1 Å². The average molecular weight is 360 g/mol. The number of hydrogen-bond acceptors (Lipinski definition) is 1. The number of aliphatic hydroxyl groups excluding tert-OH is 1. The van der Waals surface area contributed by atoms with Crippen molar-refractivity contribution in [3.8, 4) is 0 Å². The summed E-state index contributed by atoms with van der Waals surface area (Å²) in [5.41, 5.74) is 1.91. The highest BCUT2D eigenvalue weighted by Crippen LogP contribution is 2.28. The third-order valence-corrected chi connectivity index (χ3v) is 3.72. The summed E-state index contributed by atoms with van der Waals surface area (Å²) in [4.78, 5) is 0. The second-order valence-electron chi connectivity index (χ2n) is 4.07. The Balaban J connectivity index is 2.44. The maximum Gasteiger partial charge on any atom is 0.124 e. The SMILES string of the molecule is Cc1cc(F)ccc1C(O)c1ccc(F)cc1I. The molecule has 0 aromatic heterocycles. The predicted molar refractivity (Wildman–Crippen MR) is 74.3 cm³/mol. The Morgan fingerprint density at radius 3 is 2.11 bits per heavy atom. The number of aliphatic hydroxyl groups is 1. The molecule has 0 saturated heterocycles. The van der Waals surface area contributed by atoms with Gasteiger partial charge in [0.15, 0.2) is 0 Å². The molecule has 4 heteroatoms. The van der Waals surface area contributed by atoms with E-state index >= 15 is 0 Å². The van der Waals surface area contributed by atoms with Gasteiger partial charge in [0.25, 0.3) is 0 Å². The summed E-state index contributed by atoms with van der Waals surface area (Å²) in [5, 5.41) is 10.3. The molecule has 0 heterocycles. The maximum absolute atomic E-state index is 13.0. The van der Waals surface area contributed by atoms with Gasteiger partial charge in [0.2, 0.25) is 0 Å². The molecule has 1 N–H and O–H groups in total. The second kappa shape index (κ2) is 5.32. The van der Waals surface area contributed by atoms with Gasteiger partial charge < -0.3 is 5.11 Å². The molecule has 0 aliphatic heterocycles.